The fourth-order valence-electron chi connectivity index (χ4n) is 4.42. The second-order valence-corrected chi connectivity index (χ2v) is 7.04. The first kappa shape index (κ1) is 14.7. The maximum Gasteiger partial charge on any atom is 0.322 e. The summed E-state index contributed by atoms with van der Waals surface area (Å²) in [6.45, 7) is 5.64. The molecule has 0 aromatic carbocycles. The number of hydrogen-bond donors (Lipinski definition) is 0. The zero-order valence-corrected chi connectivity index (χ0v) is 12.8. The molecule has 5 heteroatoms. The number of esters is 1. The Labute approximate surface area is 124 Å². The lowest BCUT2D eigenvalue weighted by Gasteiger charge is -2.57. The van der Waals surface area contributed by atoms with E-state index in [1.54, 1.807) is 6.92 Å². The lowest BCUT2D eigenvalue weighted by atomic mass is 9.50. The molecule has 0 unspecified atom stereocenters. The number of fused-ring (bicyclic) bond motifs is 2. The molecule has 0 aromatic rings. The molecule has 4 fully saturated rings. The van der Waals surface area contributed by atoms with E-state index in [0.29, 0.717) is 12.8 Å². The second kappa shape index (κ2) is 4.63. The number of carbonyl (C=O) groups excluding carboxylic acids is 3. The van der Waals surface area contributed by atoms with Crippen LogP contribution in [-0.2, 0) is 23.9 Å². The average molecular weight is 294 g/mol. The molecule has 4 aliphatic rings. The van der Waals surface area contributed by atoms with Crippen LogP contribution in [0.1, 0.15) is 46.5 Å². The molecule has 21 heavy (non-hydrogen) atoms. The Balaban J connectivity index is 2.09. The number of carbonyl (C=O) groups is 3. The van der Waals surface area contributed by atoms with Crippen LogP contribution in [0.25, 0.3) is 0 Å². The van der Waals surface area contributed by atoms with Crippen LogP contribution in [0.5, 0.6) is 0 Å². The summed E-state index contributed by atoms with van der Waals surface area (Å²) in [7, 11) is 0. The highest BCUT2D eigenvalue weighted by molar-refractivity contribution is 6.08. The summed E-state index contributed by atoms with van der Waals surface area (Å²) < 4.78 is 11.3. The van der Waals surface area contributed by atoms with Crippen LogP contribution in [0.3, 0.4) is 0 Å². The van der Waals surface area contributed by atoms with Gasteiger partial charge in [0.2, 0.25) is 0 Å². The van der Waals surface area contributed by atoms with Gasteiger partial charge in [-0.15, -0.1) is 0 Å². The summed E-state index contributed by atoms with van der Waals surface area (Å²) in [5.41, 5.74) is -1.88. The fourth-order valence-corrected chi connectivity index (χ4v) is 4.42. The molecule has 3 saturated carbocycles. The number of rotatable bonds is 2. The summed E-state index contributed by atoms with van der Waals surface area (Å²) in [5, 5.41) is 0. The van der Waals surface area contributed by atoms with Crippen molar-refractivity contribution in [2.75, 3.05) is 6.61 Å². The molecule has 1 aliphatic heterocycles. The van der Waals surface area contributed by atoms with E-state index in [1.807, 2.05) is 13.8 Å². The molecule has 1 saturated heterocycles. The second-order valence-electron chi connectivity index (χ2n) is 7.04. The normalized spacial score (nSPS) is 40.8. The van der Waals surface area contributed by atoms with Gasteiger partial charge in [0.05, 0.1) is 18.3 Å². The third kappa shape index (κ3) is 1.90. The molecular weight excluding hydrogens is 272 g/mol. The van der Waals surface area contributed by atoms with Crippen molar-refractivity contribution < 1.29 is 23.9 Å². The van der Waals surface area contributed by atoms with Gasteiger partial charge in [0, 0.05) is 18.8 Å². The molecule has 4 rings (SSSR count). The van der Waals surface area contributed by atoms with Crippen molar-refractivity contribution >= 4 is 17.5 Å². The van der Waals surface area contributed by atoms with E-state index in [4.69, 9.17) is 9.47 Å². The Bertz CT molecular complexity index is 509. The number of hydrogen-bond acceptors (Lipinski definition) is 5. The van der Waals surface area contributed by atoms with Gasteiger partial charge in [-0.2, -0.15) is 0 Å². The molecule has 116 valence electrons. The van der Waals surface area contributed by atoms with Crippen LogP contribution in [-0.4, -0.2) is 35.8 Å². The Morgan fingerprint density at radius 1 is 1.33 bits per heavy atom. The minimum atomic E-state index is -1.25. The Morgan fingerprint density at radius 3 is 2.67 bits per heavy atom. The monoisotopic (exact) mass is 294 g/mol. The summed E-state index contributed by atoms with van der Waals surface area (Å²) in [6, 6.07) is 0. The predicted molar refractivity (Wildman–Crippen MR) is 73.5 cm³/mol. The predicted octanol–water partition coefficient (Wildman–Crippen LogP) is 1.67. The molecule has 0 radical (unpaired) electrons. The molecule has 5 nitrogen and oxygen atoms in total. The lowest BCUT2D eigenvalue weighted by molar-refractivity contribution is -0.232. The summed E-state index contributed by atoms with van der Waals surface area (Å²) >= 11 is 0. The van der Waals surface area contributed by atoms with Gasteiger partial charge < -0.3 is 9.47 Å². The van der Waals surface area contributed by atoms with Crippen LogP contribution in [0.15, 0.2) is 0 Å². The van der Waals surface area contributed by atoms with Gasteiger partial charge in [-0.1, -0.05) is 0 Å². The minimum Gasteiger partial charge on any atom is -0.465 e. The Kier molecular flexibility index (Phi) is 3.24. The van der Waals surface area contributed by atoms with Crippen LogP contribution in [0, 0.1) is 17.3 Å². The van der Waals surface area contributed by atoms with E-state index in [-0.39, 0.29) is 36.4 Å². The van der Waals surface area contributed by atoms with E-state index < -0.39 is 23.1 Å². The van der Waals surface area contributed by atoms with Crippen molar-refractivity contribution in [3.63, 3.8) is 0 Å². The molecule has 0 aromatic heterocycles. The van der Waals surface area contributed by atoms with E-state index in [0.717, 1.165) is 6.42 Å². The van der Waals surface area contributed by atoms with Gasteiger partial charge in [0.1, 0.15) is 5.78 Å². The lowest BCUT2D eigenvalue weighted by Crippen LogP contribution is -2.69. The number of ketones is 2. The quantitative estimate of drug-likeness (QED) is 0.572. The van der Waals surface area contributed by atoms with Crippen LogP contribution < -0.4 is 0 Å². The first-order valence-corrected chi connectivity index (χ1v) is 7.74. The van der Waals surface area contributed by atoms with Gasteiger partial charge >= 0.3 is 5.97 Å². The van der Waals surface area contributed by atoms with Crippen LogP contribution in [0.4, 0.5) is 0 Å². The maximum atomic E-state index is 12.9. The molecule has 4 atom stereocenters. The first-order valence-electron chi connectivity index (χ1n) is 7.74. The van der Waals surface area contributed by atoms with Crippen molar-refractivity contribution in [1.29, 1.82) is 0 Å². The largest absolute Gasteiger partial charge is 0.465 e. The van der Waals surface area contributed by atoms with Crippen molar-refractivity contribution in [3.8, 4) is 0 Å². The standard InChI is InChI=1S/C16H22O5/c1-4-20-14(19)16-9-5-6-10(11(17)7-9)13(16)21-15(2,3)8-12(16)18/h9-10,13H,4-8H2,1-3H3/t9-,10+,13-,16+/m1/s1. The van der Waals surface area contributed by atoms with Crippen molar-refractivity contribution in [2.45, 2.75) is 58.2 Å². The summed E-state index contributed by atoms with van der Waals surface area (Å²) in [4.78, 5) is 37.7. The van der Waals surface area contributed by atoms with E-state index in [9.17, 15) is 14.4 Å². The van der Waals surface area contributed by atoms with E-state index in [1.165, 1.54) is 0 Å². The third-order valence-electron chi connectivity index (χ3n) is 5.25. The molecule has 1 heterocycles. The van der Waals surface area contributed by atoms with E-state index in [2.05, 4.69) is 0 Å². The first-order chi connectivity index (χ1) is 9.83. The van der Waals surface area contributed by atoms with Gasteiger partial charge in [0.25, 0.3) is 0 Å². The highest BCUT2D eigenvalue weighted by atomic mass is 16.5. The van der Waals surface area contributed by atoms with Crippen LogP contribution in [0.2, 0.25) is 0 Å². The van der Waals surface area contributed by atoms with Gasteiger partial charge in [0.15, 0.2) is 11.2 Å². The zero-order valence-electron chi connectivity index (χ0n) is 12.8. The highest BCUT2D eigenvalue weighted by Gasteiger charge is 2.70. The number of Topliss-reactive ketones (excluding diaryl/α,β-unsaturated/α-hetero) is 2. The maximum absolute atomic E-state index is 12.9. The molecule has 0 spiro atoms. The molecular formula is C16H22O5. The van der Waals surface area contributed by atoms with Gasteiger partial charge in [-0.25, -0.2) is 0 Å². The molecule has 3 aliphatic carbocycles. The molecule has 0 amide bonds. The summed E-state index contributed by atoms with van der Waals surface area (Å²) in [5.74, 6) is -1.07. The Morgan fingerprint density at radius 2 is 2.05 bits per heavy atom. The fraction of sp³-hybridized carbons (Fsp3) is 0.812. The van der Waals surface area contributed by atoms with Crippen molar-refractivity contribution in [2.24, 2.45) is 17.3 Å². The highest BCUT2D eigenvalue weighted by Crippen LogP contribution is 2.57. The zero-order chi connectivity index (χ0) is 15.4. The van der Waals surface area contributed by atoms with Crippen LogP contribution >= 0.6 is 0 Å². The Hall–Kier alpha value is -1.23. The van der Waals surface area contributed by atoms with E-state index >= 15 is 0 Å². The van der Waals surface area contributed by atoms with Crippen molar-refractivity contribution in [3.05, 3.63) is 0 Å². The number of ether oxygens (including phenoxy) is 2. The SMILES string of the molecule is CCOC(=O)[C@@]12C(=O)CC(C)(C)O[C@@H]1[C@H]1CC[C@@H]2CC1=O. The minimum absolute atomic E-state index is 0.107. The molecule has 2 bridgehead atoms. The average Bonchev–Trinajstić information content (AvgIpc) is 2.37. The van der Waals surface area contributed by atoms with Crippen molar-refractivity contribution in [1.82, 2.24) is 0 Å². The molecule has 0 N–H and O–H groups in total. The third-order valence-corrected chi connectivity index (χ3v) is 5.25. The van der Waals surface area contributed by atoms with Gasteiger partial charge in [-0.3, -0.25) is 14.4 Å². The van der Waals surface area contributed by atoms with Gasteiger partial charge in [-0.05, 0) is 39.5 Å². The summed E-state index contributed by atoms with van der Waals surface area (Å²) in [6.07, 6.45) is 1.28. The topological polar surface area (TPSA) is 69.7 Å². The smallest absolute Gasteiger partial charge is 0.322 e.